The van der Waals surface area contributed by atoms with Gasteiger partial charge in [-0.3, -0.25) is 4.98 Å². The van der Waals surface area contributed by atoms with E-state index in [0.717, 1.165) is 31.6 Å². The molecular weight excluding hydrogens is 214 g/mol. The maximum Gasteiger partial charge on any atom is 0.0608 e. The van der Waals surface area contributed by atoms with Gasteiger partial charge in [-0.15, -0.1) is 0 Å². The highest BCUT2D eigenvalue weighted by Gasteiger charge is 2.17. The highest BCUT2D eigenvalue weighted by atomic mass is 16.3. The lowest BCUT2D eigenvalue weighted by Gasteiger charge is -2.25. The molecule has 1 aromatic rings. The second-order valence-corrected chi connectivity index (χ2v) is 4.94. The summed E-state index contributed by atoms with van der Waals surface area (Å²) in [6.07, 6.45) is 3.55. The molecule has 0 bridgehead atoms. The molecule has 96 valence electrons. The van der Waals surface area contributed by atoms with Crippen LogP contribution in [-0.4, -0.2) is 47.3 Å². The minimum Gasteiger partial charge on any atom is -0.394 e. The van der Waals surface area contributed by atoms with Crippen molar-refractivity contribution in [2.24, 2.45) is 5.73 Å². The monoisotopic (exact) mass is 237 g/mol. The Balaban J connectivity index is 2.24. The molecule has 1 heterocycles. The first-order chi connectivity index (χ1) is 8.03. The Morgan fingerprint density at radius 3 is 2.76 bits per heavy atom. The molecule has 17 heavy (non-hydrogen) atoms. The highest BCUT2D eigenvalue weighted by molar-refractivity contribution is 5.03. The van der Waals surface area contributed by atoms with Gasteiger partial charge in [0.15, 0.2) is 0 Å². The van der Waals surface area contributed by atoms with Crippen LogP contribution in [0.4, 0.5) is 0 Å². The van der Waals surface area contributed by atoms with E-state index in [4.69, 9.17) is 10.8 Å². The quantitative estimate of drug-likeness (QED) is 0.731. The molecule has 0 aromatic carbocycles. The van der Waals surface area contributed by atoms with Crippen molar-refractivity contribution in [1.29, 1.82) is 0 Å². The van der Waals surface area contributed by atoms with Crippen LogP contribution in [0.1, 0.15) is 19.0 Å². The maximum absolute atomic E-state index is 9.06. The average Bonchev–Trinajstić information content (AvgIpc) is 2.35. The molecule has 0 amide bonds. The Kier molecular flexibility index (Phi) is 5.55. The molecule has 0 aliphatic carbocycles. The number of aliphatic hydroxyl groups is 1. The maximum atomic E-state index is 9.06. The number of pyridine rings is 1. The summed E-state index contributed by atoms with van der Waals surface area (Å²) in [6.45, 7) is 3.75. The molecule has 1 rings (SSSR count). The fourth-order valence-corrected chi connectivity index (χ4v) is 1.49. The van der Waals surface area contributed by atoms with Gasteiger partial charge in [0, 0.05) is 30.4 Å². The lowest BCUT2D eigenvalue weighted by molar-refractivity contribution is 0.183. The topological polar surface area (TPSA) is 62.4 Å². The molecule has 0 aliphatic heterocycles. The summed E-state index contributed by atoms with van der Waals surface area (Å²) in [4.78, 5) is 6.50. The number of aromatic nitrogens is 1. The fraction of sp³-hybridized carbons (Fsp3) is 0.615. The summed E-state index contributed by atoms with van der Waals surface area (Å²) in [7, 11) is 2.07. The van der Waals surface area contributed by atoms with Gasteiger partial charge >= 0.3 is 0 Å². The van der Waals surface area contributed by atoms with Gasteiger partial charge in [0.1, 0.15) is 0 Å². The smallest absolute Gasteiger partial charge is 0.0608 e. The number of hydrogen-bond donors (Lipinski definition) is 2. The first-order valence-electron chi connectivity index (χ1n) is 6.02. The largest absolute Gasteiger partial charge is 0.394 e. The predicted molar refractivity (Wildman–Crippen MR) is 69.7 cm³/mol. The van der Waals surface area contributed by atoms with Crippen LogP contribution in [0.15, 0.2) is 24.4 Å². The first-order valence-corrected chi connectivity index (χ1v) is 6.02. The van der Waals surface area contributed by atoms with Gasteiger partial charge in [-0.2, -0.15) is 0 Å². The summed E-state index contributed by atoms with van der Waals surface area (Å²) in [6, 6.07) is 5.97. The zero-order valence-electron chi connectivity index (χ0n) is 10.8. The Bertz CT molecular complexity index is 314. The zero-order chi connectivity index (χ0) is 12.7. The van der Waals surface area contributed by atoms with Crippen molar-refractivity contribution in [3.63, 3.8) is 0 Å². The molecule has 0 saturated heterocycles. The minimum absolute atomic E-state index is 0.0289. The third-order valence-electron chi connectivity index (χ3n) is 2.90. The molecule has 3 N–H and O–H groups in total. The van der Waals surface area contributed by atoms with Crippen LogP contribution in [-0.2, 0) is 6.42 Å². The SMILES string of the molecule is CN(CCc1ccccn1)CCC(C)(N)CO. The molecular formula is C13H23N3O. The van der Waals surface area contributed by atoms with Gasteiger partial charge in [0.05, 0.1) is 6.61 Å². The number of rotatable bonds is 7. The van der Waals surface area contributed by atoms with E-state index >= 15 is 0 Å². The Labute approximate surface area is 103 Å². The van der Waals surface area contributed by atoms with E-state index < -0.39 is 5.54 Å². The molecule has 1 atom stereocenters. The molecule has 4 nitrogen and oxygen atoms in total. The van der Waals surface area contributed by atoms with E-state index in [-0.39, 0.29) is 6.61 Å². The zero-order valence-corrected chi connectivity index (χ0v) is 10.8. The Morgan fingerprint density at radius 2 is 2.18 bits per heavy atom. The van der Waals surface area contributed by atoms with E-state index in [1.807, 2.05) is 31.3 Å². The van der Waals surface area contributed by atoms with Gasteiger partial charge in [-0.1, -0.05) is 6.07 Å². The average molecular weight is 237 g/mol. The number of nitrogens with zero attached hydrogens (tertiary/aromatic N) is 2. The molecule has 0 aliphatic rings. The van der Waals surface area contributed by atoms with Crippen molar-refractivity contribution in [2.45, 2.75) is 25.3 Å². The molecule has 0 fully saturated rings. The first kappa shape index (κ1) is 14.1. The number of nitrogens with two attached hydrogens (primary N) is 1. The van der Waals surface area contributed by atoms with E-state index in [1.54, 1.807) is 0 Å². The Morgan fingerprint density at radius 1 is 1.41 bits per heavy atom. The van der Waals surface area contributed by atoms with Crippen molar-refractivity contribution < 1.29 is 5.11 Å². The molecule has 1 unspecified atom stereocenters. The van der Waals surface area contributed by atoms with Crippen molar-refractivity contribution in [3.05, 3.63) is 30.1 Å². The third-order valence-corrected chi connectivity index (χ3v) is 2.90. The second kappa shape index (κ2) is 6.69. The summed E-state index contributed by atoms with van der Waals surface area (Å²) < 4.78 is 0. The number of aliphatic hydroxyl groups excluding tert-OH is 1. The van der Waals surface area contributed by atoms with Gasteiger partial charge < -0.3 is 15.7 Å². The van der Waals surface area contributed by atoms with Gasteiger partial charge in [-0.05, 0) is 39.1 Å². The molecule has 0 spiro atoms. The van der Waals surface area contributed by atoms with Crippen molar-refractivity contribution in [3.8, 4) is 0 Å². The van der Waals surface area contributed by atoms with Crippen LogP contribution < -0.4 is 5.73 Å². The highest BCUT2D eigenvalue weighted by Crippen LogP contribution is 2.05. The number of hydrogen-bond acceptors (Lipinski definition) is 4. The molecule has 0 radical (unpaired) electrons. The van der Waals surface area contributed by atoms with Crippen LogP contribution in [0.25, 0.3) is 0 Å². The van der Waals surface area contributed by atoms with Crippen LogP contribution in [0.5, 0.6) is 0 Å². The van der Waals surface area contributed by atoms with Gasteiger partial charge in [0.2, 0.25) is 0 Å². The van der Waals surface area contributed by atoms with E-state index in [9.17, 15) is 0 Å². The number of likely N-dealkylation sites (N-methyl/N-ethyl adjacent to an activating group) is 1. The second-order valence-electron chi connectivity index (χ2n) is 4.94. The standard InChI is InChI=1S/C13H23N3O/c1-13(14,11-17)7-10-16(2)9-6-12-5-3-4-8-15-12/h3-5,8,17H,6-7,9-11,14H2,1-2H3. The van der Waals surface area contributed by atoms with E-state index in [2.05, 4.69) is 16.9 Å². The van der Waals surface area contributed by atoms with Gasteiger partial charge in [0.25, 0.3) is 0 Å². The Hall–Kier alpha value is -0.970. The predicted octanol–water partition coefficient (Wildman–Crippen LogP) is 0.656. The van der Waals surface area contributed by atoms with Crippen LogP contribution in [0, 0.1) is 0 Å². The lowest BCUT2D eigenvalue weighted by Crippen LogP contribution is -2.43. The third kappa shape index (κ3) is 5.77. The molecule has 0 saturated carbocycles. The lowest BCUT2D eigenvalue weighted by atomic mass is 10.0. The van der Waals surface area contributed by atoms with Crippen molar-refractivity contribution in [2.75, 3.05) is 26.7 Å². The van der Waals surface area contributed by atoms with E-state index in [0.29, 0.717) is 0 Å². The summed E-state index contributed by atoms with van der Waals surface area (Å²) >= 11 is 0. The van der Waals surface area contributed by atoms with Gasteiger partial charge in [-0.25, -0.2) is 0 Å². The van der Waals surface area contributed by atoms with Crippen LogP contribution in [0.2, 0.25) is 0 Å². The van der Waals surface area contributed by atoms with Crippen LogP contribution in [0.3, 0.4) is 0 Å². The van der Waals surface area contributed by atoms with Crippen molar-refractivity contribution >= 4 is 0 Å². The van der Waals surface area contributed by atoms with Crippen molar-refractivity contribution in [1.82, 2.24) is 9.88 Å². The fourth-order valence-electron chi connectivity index (χ4n) is 1.49. The summed E-state index contributed by atoms with van der Waals surface area (Å²) in [5, 5.41) is 9.06. The van der Waals surface area contributed by atoms with Crippen LogP contribution >= 0.6 is 0 Å². The summed E-state index contributed by atoms with van der Waals surface area (Å²) in [5.74, 6) is 0. The minimum atomic E-state index is -0.473. The molecule has 1 aromatic heterocycles. The normalized spacial score (nSPS) is 14.9. The molecule has 4 heteroatoms. The van der Waals surface area contributed by atoms with E-state index in [1.165, 1.54) is 0 Å². The summed E-state index contributed by atoms with van der Waals surface area (Å²) in [5.41, 5.74) is 6.52.